The van der Waals surface area contributed by atoms with Crippen LogP contribution in [0.3, 0.4) is 0 Å². The van der Waals surface area contributed by atoms with E-state index >= 15 is 0 Å². The minimum absolute atomic E-state index is 0.0855. The van der Waals surface area contributed by atoms with Crippen molar-refractivity contribution < 1.29 is 15.0 Å². The average Bonchev–Trinajstić information content (AvgIpc) is 2.41. The van der Waals surface area contributed by atoms with Gasteiger partial charge in [-0.05, 0) is 32.0 Å². The van der Waals surface area contributed by atoms with Crippen molar-refractivity contribution >= 4 is 23.1 Å². The van der Waals surface area contributed by atoms with Gasteiger partial charge in [0, 0.05) is 19.2 Å². The zero-order valence-electron chi connectivity index (χ0n) is 11.8. The van der Waals surface area contributed by atoms with Gasteiger partial charge in [0.2, 0.25) is 0 Å². The molecule has 1 saturated heterocycles. The summed E-state index contributed by atoms with van der Waals surface area (Å²) < 4.78 is 0. The number of carbonyl (C=O) groups excluding carboxylic acids is 1. The Kier molecular flexibility index (Phi) is 4.34. The van der Waals surface area contributed by atoms with E-state index in [0.717, 1.165) is 19.2 Å². The van der Waals surface area contributed by atoms with Gasteiger partial charge >= 0.3 is 0 Å². The molecule has 5 N–H and O–H groups in total. The van der Waals surface area contributed by atoms with Gasteiger partial charge in [0.15, 0.2) is 0 Å². The highest BCUT2D eigenvalue weighted by molar-refractivity contribution is 7.80. The van der Waals surface area contributed by atoms with Crippen molar-refractivity contribution in [3.8, 4) is 11.5 Å². The Morgan fingerprint density at radius 3 is 2.52 bits per heavy atom. The molecule has 0 atom stereocenters. The fourth-order valence-electron chi connectivity index (χ4n) is 2.43. The molecular formula is C14H19N3O3S. The van der Waals surface area contributed by atoms with E-state index in [2.05, 4.69) is 10.2 Å². The number of nitrogens with zero attached hydrogens (tertiary/aromatic N) is 1. The lowest BCUT2D eigenvalue weighted by Crippen LogP contribution is -2.61. The van der Waals surface area contributed by atoms with Crippen LogP contribution in [-0.2, 0) is 0 Å². The van der Waals surface area contributed by atoms with Gasteiger partial charge in [-0.25, -0.2) is 0 Å². The van der Waals surface area contributed by atoms with Gasteiger partial charge in [0.1, 0.15) is 11.5 Å². The number of nitrogens with two attached hydrogens (primary N) is 1. The number of phenols is 2. The molecule has 0 unspecified atom stereocenters. The Morgan fingerprint density at radius 2 is 2.00 bits per heavy atom. The van der Waals surface area contributed by atoms with Crippen LogP contribution >= 0.6 is 12.2 Å². The number of piperidine rings is 1. The lowest BCUT2D eigenvalue weighted by molar-refractivity contribution is 0.0887. The van der Waals surface area contributed by atoms with Crippen LogP contribution in [0, 0.1) is 0 Å². The maximum Gasteiger partial charge on any atom is 0.255 e. The average molecular weight is 309 g/mol. The highest BCUT2D eigenvalue weighted by Crippen LogP contribution is 2.26. The van der Waals surface area contributed by atoms with Gasteiger partial charge in [-0.1, -0.05) is 12.2 Å². The fourth-order valence-corrected chi connectivity index (χ4v) is 2.69. The number of aromatic hydroxyl groups is 2. The van der Waals surface area contributed by atoms with E-state index in [1.165, 1.54) is 12.1 Å². The SMILES string of the molecule is CN1CCC(NC(=O)c2ccc(O)cc2O)(C(N)=S)CC1. The van der Waals surface area contributed by atoms with Crippen molar-refractivity contribution in [3.05, 3.63) is 23.8 Å². The van der Waals surface area contributed by atoms with E-state index in [1.807, 2.05) is 7.05 Å². The number of rotatable bonds is 3. The first-order chi connectivity index (χ1) is 9.84. The number of hydrogen-bond donors (Lipinski definition) is 4. The summed E-state index contributed by atoms with van der Waals surface area (Å²) in [6.07, 6.45) is 1.26. The van der Waals surface area contributed by atoms with Crippen molar-refractivity contribution in [1.82, 2.24) is 10.2 Å². The molecular weight excluding hydrogens is 290 g/mol. The molecule has 114 valence electrons. The van der Waals surface area contributed by atoms with Crippen molar-refractivity contribution in [2.45, 2.75) is 18.4 Å². The lowest BCUT2D eigenvalue weighted by Gasteiger charge is -2.40. The first kappa shape index (κ1) is 15.5. The smallest absolute Gasteiger partial charge is 0.255 e. The minimum Gasteiger partial charge on any atom is -0.508 e. The van der Waals surface area contributed by atoms with E-state index in [9.17, 15) is 15.0 Å². The van der Waals surface area contributed by atoms with E-state index in [1.54, 1.807) is 0 Å². The van der Waals surface area contributed by atoms with Gasteiger partial charge in [-0.2, -0.15) is 0 Å². The van der Waals surface area contributed by atoms with Crippen LogP contribution < -0.4 is 11.1 Å². The van der Waals surface area contributed by atoms with Crippen molar-refractivity contribution in [2.75, 3.05) is 20.1 Å². The van der Waals surface area contributed by atoms with Crippen molar-refractivity contribution in [3.63, 3.8) is 0 Å². The number of benzene rings is 1. The van der Waals surface area contributed by atoms with Gasteiger partial charge in [0.05, 0.1) is 16.1 Å². The number of carbonyl (C=O) groups is 1. The van der Waals surface area contributed by atoms with Crippen LogP contribution in [0.1, 0.15) is 23.2 Å². The summed E-state index contributed by atoms with van der Waals surface area (Å²) in [5.41, 5.74) is 5.18. The summed E-state index contributed by atoms with van der Waals surface area (Å²) in [6, 6.07) is 3.83. The highest BCUT2D eigenvalue weighted by Gasteiger charge is 2.38. The molecule has 0 radical (unpaired) electrons. The van der Waals surface area contributed by atoms with Crippen molar-refractivity contribution in [2.24, 2.45) is 5.73 Å². The summed E-state index contributed by atoms with van der Waals surface area (Å²) >= 11 is 5.13. The number of likely N-dealkylation sites (tertiary alicyclic amines) is 1. The fraction of sp³-hybridized carbons (Fsp3) is 0.429. The molecule has 0 spiro atoms. The number of amides is 1. The summed E-state index contributed by atoms with van der Waals surface area (Å²) in [4.78, 5) is 14.7. The molecule has 1 aliphatic rings. The van der Waals surface area contributed by atoms with Gasteiger partial charge in [0.25, 0.3) is 5.91 Å². The summed E-state index contributed by atoms with van der Waals surface area (Å²) in [7, 11) is 2.00. The third-order valence-electron chi connectivity index (χ3n) is 3.89. The Labute approximate surface area is 128 Å². The van der Waals surface area contributed by atoms with Crippen LogP contribution in [0.4, 0.5) is 0 Å². The van der Waals surface area contributed by atoms with Crippen LogP contribution in [0.5, 0.6) is 11.5 Å². The number of thiocarbonyl (C=S) groups is 1. The molecule has 1 amide bonds. The molecule has 7 heteroatoms. The third kappa shape index (κ3) is 3.25. The Morgan fingerprint density at radius 1 is 1.38 bits per heavy atom. The second-order valence-electron chi connectivity index (χ2n) is 5.41. The Hall–Kier alpha value is -1.86. The largest absolute Gasteiger partial charge is 0.508 e. The number of hydrogen-bond acceptors (Lipinski definition) is 5. The summed E-state index contributed by atoms with van der Waals surface area (Å²) in [5, 5.41) is 21.9. The quantitative estimate of drug-likeness (QED) is 0.610. The molecule has 0 aliphatic carbocycles. The summed E-state index contributed by atoms with van der Waals surface area (Å²) in [5.74, 6) is -0.837. The zero-order chi connectivity index (χ0) is 15.6. The van der Waals surface area contributed by atoms with Crippen LogP contribution in [0.15, 0.2) is 18.2 Å². The van der Waals surface area contributed by atoms with Crippen molar-refractivity contribution in [1.29, 1.82) is 0 Å². The van der Waals surface area contributed by atoms with E-state index in [0.29, 0.717) is 12.8 Å². The second kappa shape index (κ2) is 5.87. The third-order valence-corrected chi connectivity index (χ3v) is 4.28. The van der Waals surface area contributed by atoms with E-state index in [4.69, 9.17) is 18.0 Å². The predicted molar refractivity (Wildman–Crippen MR) is 83.5 cm³/mol. The standard InChI is InChI=1S/C14H19N3O3S/c1-17-6-4-14(5-7-17,13(15)21)16-12(20)10-3-2-9(18)8-11(10)19/h2-3,8,18-19H,4-7H2,1H3,(H2,15,21)(H,16,20). The molecule has 1 aromatic carbocycles. The summed E-state index contributed by atoms with van der Waals surface area (Å²) in [6.45, 7) is 1.55. The van der Waals surface area contributed by atoms with E-state index in [-0.39, 0.29) is 22.1 Å². The first-order valence-electron chi connectivity index (χ1n) is 6.67. The molecule has 21 heavy (non-hydrogen) atoms. The van der Waals surface area contributed by atoms with Gasteiger partial charge in [-0.3, -0.25) is 4.79 Å². The van der Waals surface area contributed by atoms with Crippen LogP contribution in [-0.4, -0.2) is 51.7 Å². The molecule has 1 heterocycles. The topological polar surface area (TPSA) is 98.8 Å². The molecule has 6 nitrogen and oxygen atoms in total. The maximum absolute atomic E-state index is 12.4. The molecule has 0 saturated carbocycles. The normalized spacial score (nSPS) is 18.1. The monoisotopic (exact) mass is 309 g/mol. The van der Waals surface area contributed by atoms with Gasteiger partial charge < -0.3 is 26.2 Å². The predicted octanol–water partition coefficient (Wildman–Crippen LogP) is 0.578. The zero-order valence-corrected chi connectivity index (χ0v) is 12.6. The number of nitrogens with one attached hydrogen (secondary N) is 1. The molecule has 0 bridgehead atoms. The van der Waals surface area contributed by atoms with Crippen LogP contribution in [0.25, 0.3) is 0 Å². The lowest BCUT2D eigenvalue weighted by atomic mass is 9.87. The minimum atomic E-state index is -0.733. The molecule has 1 aliphatic heterocycles. The maximum atomic E-state index is 12.4. The highest BCUT2D eigenvalue weighted by atomic mass is 32.1. The Bertz CT molecular complexity index is 569. The molecule has 1 aromatic rings. The molecule has 0 aromatic heterocycles. The number of phenolic OH excluding ortho intramolecular Hbond substituents is 2. The van der Waals surface area contributed by atoms with Crippen LogP contribution in [0.2, 0.25) is 0 Å². The Balaban J connectivity index is 2.21. The van der Waals surface area contributed by atoms with E-state index < -0.39 is 11.4 Å². The first-order valence-corrected chi connectivity index (χ1v) is 7.08. The van der Waals surface area contributed by atoms with Gasteiger partial charge in [-0.15, -0.1) is 0 Å². The molecule has 1 fully saturated rings. The molecule has 2 rings (SSSR count). The second-order valence-corrected chi connectivity index (χ2v) is 5.85.